The lowest BCUT2D eigenvalue weighted by Gasteiger charge is -2.13. The number of aliphatic imine (C=N–C) groups is 1. The van der Waals surface area contributed by atoms with E-state index in [0.29, 0.717) is 18.1 Å². The van der Waals surface area contributed by atoms with Gasteiger partial charge in [0.2, 0.25) is 5.91 Å². The number of anilines is 1. The molecule has 2 rings (SSSR count). The van der Waals surface area contributed by atoms with Crippen molar-refractivity contribution in [1.29, 1.82) is 0 Å². The second-order valence-corrected chi connectivity index (χ2v) is 6.79. The van der Waals surface area contributed by atoms with Crippen molar-refractivity contribution < 1.29 is 9.18 Å². The van der Waals surface area contributed by atoms with Crippen LogP contribution in [0, 0.1) is 19.7 Å². The Hall–Kier alpha value is -1.68. The van der Waals surface area contributed by atoms with E-state index in [2.05, 4.69) is 36.9 Å². The van der Waals surface area contributed by atoms with Crippen LogP contribution in [0.3, 0.4) is 0 Å². The molecule has 0 saturated carbocycles. The van der Waals surface area contributed by atoms with Gasteiger partial charge >= 0.3 is 0 Å². The lowest BCUT2D eigenvalue weighted by molar-refractivity contribution is -0.115. The molecule has 0 saturated heterocycles. The van der Waals surface area contributed by atoms with Crippen LogP contribution in [0.2, 0.25) is 0 Å². The maximum absolute atomic E-state index is 13.3. The molecule has 0 aliphatic rings. The highest BCUT2D eigenvalue weighted by Gasteiger charge is 2.07. The number of hydrogen-bond donors (Lipinski definition) is 3. The molecule has 0 atom stereocenters. The van der Waals surface area contributed by atoms with Crippen molar-refractivity contribution in [2.24, 2.45) is 4.99 Å². The first-order chi connectivity index (χ1) is 12.4. The van der Waals surface area contributed by atoms with Gasteiger partial charge in [-0.2, -0.15) is 0 Å². The third-order valence-electron chi connectivity index (χ3n) is 3.80. The Balaban J connectivity index is 0.00000364. The molecule has 0 heterocycles. The van der Waals surface area contributed by atoms with E-state index in [9.17, 15) is 9.18 Å². The Morgan fingerprint density at radius 1 is 1.11 bits per heavy atom. The summed E-state index contributed by atoms with van der Waals surface area (Å²) in [6.45, 7) is 4.21. The van der Waals surface area contributed by atoms with E-state index in [-0.39, 0.29) is 42.2 Å². The Morgan fingerprint density at radius 2 is 1.85 bits per heavy atom. The second-order valence-electron chi connectivity index (χ2n) is 5.87. The molecular formula is C19H23BrFIN4O. The molecule has 3 N–H and O–H groups in total. The van der Waals surface area contributed by atoms with Gasteiger partial charge in [-0.1, -0.05) is 34.1 Å². The number of guanidine groups is 1. The van der Waals surface area contributed by atoms with Gasteiger partial charge in [0.15, 0.2) is 5.96 Å². The molecular weight excluding hydrogens is 526 g/mol. The van der Waals surface area contributed by atoms with Crippen LogP contribution in [0.5, 0.6) is 0 Å². The molecule has 0 aliphatic carbocycles. The number of nitrogens with zero attached hydrogens (tertiary/aromatic N) is 1. The van der Waals surface area contributed by atoms with Crippen molar-refractivity contribution in [2.45, 2.75) is 20.4 Å². The minimum atomic E-state index is -0.226. The fourth-order valence-electron chi connectivity index (χ4n) is 2.31. The largest absolute Gasteiger partial charge is 0.352 e. The second kappa shape index (κ2) is 11.2. The van der Waals surface area contributed by atoms with Crippen LogP contribution < -0.4 is 16.0 Å². The Morgan fingerprint density at radius 3 is 2.52 bits per heavy atom. The molecule has 27 heavy (non-hydrogen) atoms. The van der Waals surface area contributed by atoms with E-state index in [1.54, 1.807) is 26.1 Å². The van der Waals surface area contributed by atoms with Gasteiger partial charge in [0.25, 0.3) is 0 Å². The summed E-state index contributed by atoms with van der Waals surface area (Å²) >= 11 is 3.39. The summed E-state index contributed by atoms with van der Waals surface area (Å²) in [6.07, 6.45) is 0. The van der Waals surface area contributed by atoms with Crippen molar-refractivity contribution in [2.75, 3.05) is 18.9 Å². The van der Waals surface area contributed by atoms with Crippen LogP contribution in [0.1, 0.15) is 16.7 Å². The van der Waals surface area contributed by atoms with Gasteiger partial charge in [-0.25, -0.2) is 4.39 Å². The van der Waals surface area contributed by atoms with Gasteiger partial charge < -0.3 is 16.0 Å². The number of nitrogens with one attached hydrogen (secondary N) is 3. The lowest BCUT2D eigenvalue weighted by atomic mass is 10.1. The number of rotatable bonds is 5. The van der Waals surface area contributed by atoms with Crippen molar-refractivity contribution in [3.05, 3.63) is 63.4 Å². The third kappa shape index (κ3) is 7.45. The summed E-state index contributed by atoms with van der Waals surface area (Å²) in [5.74, 6) is 0.0932. The number of carbonyl (C=O) groups excluding carboxylic acids is 1. The van der Waals surface area contributed by atoms with Crippen LogP contribution in [0.25, 0.3) is 0 Å². The number of halogens is 3. The smallest absolute Gasteiger partial charge is 0.243 e. The van der Waals surface area contributed by atoms with Crippen LogP contribution in [-0.2, 0) is 11.3 Å². The van der Waals surface area contributed by atoms with Crippen molar-refractivity contribution in [3.8, 4) is 0 Å². The summed E-state index contributed by atoms with van der Waals surface area (Å²) in [5.41, 5.74) is 3.27. The Labute approximate surface area is 184 Å². The molecule has 2 aromatic rings. The topological polar surface area (TPSA) is 65.5 Å². The zero-order valence-corrected chi connectivity index (χ0v) is 19.3. The van der Waals surface area contributed by atoms with Crippen molar-refractivity contribution >= 4 is 57.5 Å². The standard InChI is InChI=1S/C19H22BrFN4O.HI/c1-12-4-6-15(20)9-17(12)25-18(26)11-24-19(22-3)23-10-14-5-7-16(21)13(2)8-14;/h4-9H,10-11H2,1-3H3,(H,25,26)(H2,22,23,24);1H. The van der Waals surface area contributed by atoms with Crippen LogP contribution >= 0.6 is 39.9 Å². The van der Waals surface area contributed by atoms with Gasteiger partial charge in [0.1, 0.15) is 5.82 Å². The average molecular weight is 549 g/mol. The molecule has 0 spiro atoms. The SMILES string of the molecule is CN=C(NCC(=O)Nc1cc(Br)ccc1C)NCc1ccc(F)c(C)c1.I. The Kier molecular flexibility index (Phi) is 9.71. The van der Waals surface area contributed by atoms with Gasteiger partial charge in [0.05, 0.1) is 6.54 Å². The average Bonchev–Trinajstić information content (AvgIpc) is 2.61. The number of carbonyl (C=O) groups is 1. The maximum atomic E-state index is 13.3. The predicted octanol–water partition coefficient (Wildman–Crippen LogP) is 4.13. The first kappa shape index (κ1) is 23.4. The van der Waals surface area contributed by atoms with Gasteiger partial charge in [-0.15, -0.1) is 24.0 Å². The molecule has 0 aromatic heterocycles. The summed E-state index contributed by atoms with van der Waals surface area (Å²) in [4.78, 5) is 16.2. The first-order valence-corrected chi connectivity index (χ1v) is 8.94. The van der Waals surface area contributed by atoms with E-state index in [4.69, 9.17) is 0 Å². The summed E-state index contributed by atoms with van der Waals surface area (Å²) in [6, 6.07) is 10.6. The number of hydrogen-bond acceptors (Lipinski definition) is 2. The molecule has 146 valence electrons. The van der Waals surface area contributed by atoms with E-state index in [1.165, 1.54) is 6.07 Å². The summed E-state index contributed by atoms with van der Waals surface area (Å²) < 4.78 is 14.2. The minimum Gasteiger partial charge on any atom is -0.352 e. The molecule has 0 bridgehead atoms. The quantitative estimate of drug-likeness (QED) is 0.299. The first-order valence-electron chi connectivity index (χ1n) is 8.14. The monoisotopic (exact) mass is 548 g/mol. The highest BCUT2D eigenvalue weighted by atomic mass is 127. The number of benzene rings is 2. The molecule has 0 fully saturated rings. The lowest BCUT2D eigenvalue weighted by Crippen LogP contribution is -2.41. The van der Waals surface area contributed by atoms with E-state index < -0.39 is 0 Å². The van der Waals surface area contributed by atoms with Crippen LogP contribution in [-0.4, -0.2) is 25.5 Å². The zero-order valence-electron chi connectivity index (χ0n) is 15.4. The Bertz CT molecular complexity index is 829. The fourth-order valence-corrected chi connectivity index (χ4v) is 2.67. The van der Waals surface area contributed by atoms with Gasteiger partial charge in [-0.05, 0) is 48.7 Å². The molecule has 0 aliphatic heterocycles. The van der Waals surface area contributed by atoms with E-state index >= 15 is 0 Å². The van der Waals surface area contributed by atoms with Gasteiger partial charge in [0, 0.05) is 23.8 Å². The zero-order chi connectivity index (χ0) is 19.1. The summed E-state index contributed by atoms with van der Waals surface area (Å²) in [5, 5.41) is 8.92. The van der Waals surface area contributed by atoms with Gasteiger partial charge in [-0.3, -0.25) is 9.79 Å². The fraction of sp³-hybridized carbons (Fsp3) is 0.263. The molecule has 0 unspecified atom stereocenters. The number of amides is 1. The summed E-state index contributed by atoms with van der Waals surface area (Å²) in [7, 11) is 1.63. The normalized spacial score (nSPS) is 10.8. The maximum Gasteiger partial charge on any atom is 0.243 e. The van der Waals surface area contributed by atoms with Crippen LogP contribution in [0.4, 0.5) is 10.1 Å². The van der Waals surface area contributed by atoms with E-state index in [0.717, 1.165) is 21.3 Å². The van der Waals surface area contributed by atoms with Crippen molar-refractivity contribution in [3.63, 3.8) is 0 Å². The van der Waals surface area contributed by atoms with E-state index in [1.807, 2.05) is 25.1 Å². The number of aryl methyl sites for hydroxylation is 2. The van der Waals surface area contributed by atoms with Crippen LogP contribution in [0.15, 0.2) is 45.9 Å². The molecule has 0 radical (unpaired) electrons. The highest BCUT2D eigenvalue weighted by Crippen LogP contribution is 2.20. The predicted molar refractivity (Wildman–Crippen MR) is 122 cm³/mol. The van der Waals surface area contributed by atoms with Crippen molar-refractivity contribution in [1.82, 2.24) is 10.6 Å². The minimum absolute atomic E-state index is 0. The molecule has 1 amide bonds. The molecule has 5 nitrogen and oxygen atoms in total. The third-order valence-corrected chi connectivity index (χ3v) is 4.29. The highest BCUT2D eigenvalue weighted by molar-refractivity contribution is 14.0. The molecule has 8 heteroatoms. The molecule has 2 aromatic carbocycles.